The Labute approximate surface area is 188 Å². The Kier molecular flexibility index (Phi) is 5.98. The number of carbonyl (C=O) groups excluding carboxylic acids is 3. The zero-order chi connectivity index (χ0) is 24.9. The molecule has 2 heterocycles. The lowest BCUT2D eigenvalue weighted by Crippen LogP contribution is -2.60. The minimum Gasteiger partial charge on any atom is -0.364 e. The van der Waals surface area contributed by atoms with Crippen molar-refractivity contribution in [2.24, 2.45) is 22.7 Å². The van der Waals surface area contributed by atoms with E-state index in [0.717, 1.165) is 0 Å². The van der Waals surface area contributed by atoms with E-state index in [-0.39, 0.29) is 29.5 Å². The Balaban J connectivity index is 1.87. The average Bonchev–Trinajstić information content (AvgIpc) is 3.15. The third-order valence-corrected chi connectivity index (χ3v) is 6.58. The Morgan fingerprint density at radius 1 is 1.27 bits per heavy atom. The first kappa shape index (κ1) is 24.5. The van der Waals surface area contributed by atoms with Gasteiger partial charge in [0.15, 0.2) is 6.04 Å². The molecule has 33 heavy (non-hydrogen) atoms. The van der Waals surface area contributed by atoms with Gasteiger partial charge in [0, 0.05) is 12.6 Å². The summed E-state index contributed by atoms with van der Waals surface area (Å²) in [6, 6.07) is -0.327. The van der Waals surface area contributed by atoms with Crippen molar-refractivity contribution in [2.75, 3.05) is 6.54 Å². The lowest BCUT2D eigenvalue weighted by molar-refractivity contribution is -0.176. The number of nitrogens with zero attached hydrogens (tertiary/aromatic N) is 3. The molecule has 1 unspecified atom stereocenters. The van der Waals surface area contributed by atoms with Crippen molar-refractivity contribution in [1.29, 1.82) is 5.26 Å². The lowest BCUT2D eigenvalue weighted by Gasteiger charge is -2.37. The molecule has 0 spiro atoms. The van der Waals surface area contributed by atoms with E-state index in [1.165, 1.54) is 38.0 Å². The van der Waals surface area contributed by atoms with Crippen LogP contribution in [0.4, 0.5) is 13.2 Å². The number of rotatable bonds is 5. The summed E-state index contributed by atoms with van der Waals surface area (Å²) in [7, 11) is 0. The van der Waals surface area contributed by atoms with Crippen molar-refractivity contribution in [1.82, 2.24) is 20.7 Å². The number of alkyl halides is 3. The van der Waals surface area contributed by atoms with Crippen molar-refractivity contribution in [3.8, 4) is 6.07 Å². The summed E-state index contributed by atoms with van der Waals surface area (Å²) in [5.41, 5.74) is -1.14. The van der Waals surface area contributed by atoms with Crippen LogP contribution in [0.3, 0.4) is 0 Å². The van der Waals surface area contributed by atoms with Crippen LogP contribution in [0.2, 0.25) is 0 Å². The molecule has 2 fully saturated rings. The van der Waals surface area contributed by atoms with Crippen LogP contribution >= 0.6 is 0 Å². The lowest BCUT2D eigenvalue weighted by atomic mass is 9.85. The Morgan fingerprint density at radius 2 is 1.91 bits per heavy atom. The maximum absolute atomic E-state index is 13.4. The van der Waals surface area contributed by atoms with Gasteiger partial charge in [0.2, 0.25) is 11.8 Å². The number of fused-ring (bicyclic) bond motifs is 1. The number of amides is 3. The van der Waals surface area contributed by atoms with Gasteiger partial charge in [-0.15, -0.1) is 0 Å². The highest BCUT2D eigenvalue weighted by atomic mass is 19.4. The highest BCUT2D eigenvalue weighted by Crippen LogP contribution is 2.65. The second kappa shape index (κ2) is 8.04. The molecule has 9 nitrogen and oxygen atoms in total. The van der Waals surface area contributed by atoms with Gasteiger partial charge >= 0.3 is 12.1 Å². The molecule has 0 radical (unpaired) electrons. The monoisotopic (exact) mass is 469 g/mol. The maximum Gasteiger partial charge on any atom is 0.471 e. The number of likely N-dealkylation sites (tertiary alicyclic amines) is 1. The van der Waals surface area contributed by atoms with Gasteiger partial charge in [0.05, 0.1) is 6.07 Å². The molecule has 1 aromatic rings. The van der Waals surface area contributed by atoms with E-state index in [2.05, 4.69) is 10.5 Å². The van der Waals surface area contributed by atoms with Crippen molar-refractivity contribution >= 4 is 17.7 Å². The Bertz CT molecular complexity index is 978. The minimum atomic E-state index is -5.16. The number of hydrogen-bond donors (Lipinski definition) is 2. The van der Waals surface area contributed by atoms with E-state index in [4.69, 9.17) is 4.52 Å². The van der Waals surface area contributed by atoms with Gasteiger partial charge in [-0.25, -0.2) is 0 Å². The molecule has 2 aliphatic rings. The van der Waals surface area contributed by atoms with Gasteiger partial charge in [-0.3, -0.25) is 14.4 Å². The average molecular weight is 469 g/mol. The summed E-state index contributed by atoms with van der Waals surface area (Å²) in [6.45, 7) is 8.62. The summed E-state index contributed by atoms with van der Waals surface area (Å²) in [4.78, 5) is 39.5. The van der Waals surface area contributed by atoms with Crippen molar-refractivity contribution in [3.63, 3.8) is 0 Å². The van der Waals surface area contributed by atoms with Crippen molar-refractivity contribution in [2.45, 2.75) is 58.9 Å². The number of hydrogen-bond acceptors (Lipinski definition) is 6. The smallest absolute Gasteiger partial charge is 0.364 e. The second-order valence-corrected chi connectivity index (χ2v) is 10.2. The molecule has 1 saturated carbocycles. The number of nitriles is 1. The second-order valence-electron chi connectivity index (χ2n) is 10.2. The summed E-state index contributed by atoms with van der Waals surface area (Å²) in [5.74, 6) is -3.90. The van der Waals surface area contributed by atoms with E-state index >= 15 is 0 Å². The zero-order valence-electron chi connectivity index (χ0n) is 18.9. The molecule has 3 amide bonds. The molecule has 5 atom stereocenters. The van der Waals surface area contributed by atoms with Gasteiger partial charge < -0.3 is 20.1 Å². The van der Waals surface area contributed by atoms with Crippen molar-refractivity contribution < 1.29 is 32.1 Å². The SMILES string of the molecule is CC(C)(C)[C@H](NC(=O)C(F)(F)F)C(=O)N1C[C@H]2[C@@H]([C@H]1C(=O)NC(C#N)c1ccon1)C2(C)C. The summed E-state index contributed by atoms with van der Waals surface area (Å²) in [6.07, 6.45) is -3.91. The summed E-state index contributed by atoms with van der Waals surface area (Å²) in [5, 5.41) is 17.4. The number of aromatic nitrogens is 1. The van der Waals surface area contributed by atoms with Gasteiger partial charge in [0.1, 0.15) is 24.0 Å². The quantitative estimate of drug-likeness (QED) is 0.678. The molecular formula is C21H26F3N5O4. The summed E-state index contributed by atoms with van der Waals surface area (Å²) < 4.78 is 43.4. The molecule has 180 valence electrons. The van der Waals surface area contributed by atoms with Crippen LogP contribution in [0.15, 0.2) is 16.9 Å². The van der Waals surface area contributed by atoms with Gasteiger partial charge in [0.25, 0.3) is 0 Å². The first-order chi connectivity index (χ1) is 15.1. The molecular weight excluding hydrogens is 443 g/mol. The molecule has 3 rings (SSSR count). The molecule has 1 saturated heterocycles. The molecule has 1 aliphatic heterocycles. The van der Waals surface area contributed by atoms with Gasteiger partial charge in [-0.05, 0) is 22.7 Å². The standard InChI is InChI=1S/C21H26F3N5O4/c1-19(2,3)15(27-18(32)21(22,23)24)17(31)29-9-10-13(20(10,4)5)14(29)16(30)26-12(8-25)11-6-7-33-28-11/h6-7,10,12-15H,9H2,1-5H3,(H,26,30)(H,27,32)/t10-,12?,13-,14-,15+/m0/s1. The predicted octanol–water partition coefficient (Wildman–Crippen LogP) is 1.93. The van der Waals surface area contributed by atoms with E-state index < -0.39 is 47.4 Å². The topological polar surface area (TPSA) is 128 Å². The zero-order valence-corrected chi connectivity index (χ0v) is 18.9. The van der Waals surface area contributed by atoms with Crippen LogP contribution in [0.25, 0.3) is 0 Å². The molecule has 1 aliphatic carbocycles. The maximum atomic E-state index is 13.4. The fourth-order valence-electron chi connectivity index (χ4n) is 4.61. The molecule has 2 N–H and O–H groups in total. The van der Waals surface area contributed by atoms with E-state index in [0.29, 0.717) is 0 Å². The van der Waals surface area contributed by atoms with Crippen LogP contribution < -0.4 is 10.6 Å². The van der Waals surface area contributed by atoms with Crippen LogP contribution in [-0.2, 0) is 14.4 Å². The first-order valence-electron chi connectivity index (χ1n) is 10.4. The molecule has 12 heteroatoms. The van der Waals surface area contributed by atoms with Gasteiger partial charge in [-0.2, -0.15) is 18.4 Å². The van der Waals surface area contributed by atoms with Crippen molar-refractivity contribution in [3.05, 3.63) is 18.0 Å². The van der Waals surface area contributed by atoms with Crippen LogP contribution in [0, 0.1) is 34.0 Å². The van der Waals surface area contributed by atoms with E-state index in [1.807, 2.05) is 19.9 Å². The fraction of sp³-hybridized carbons (Fsp3) is 0.667. The number of piperidine rings is 1. The summed E-state index contributed by atoms with van der Waals surface area (Å²) >= 11 is 0. The number of nitrogens with one attached hydrogen (secondary N) is 2. The fourth-order valence-corrected chi connectivity index (χ4v) is 4.61. The van der Waals surface area contributed by atoms with E-state index in [9.17, 15) is 32.8 Å². The van der Waals surface area contributed by atoms with Crippen LogP contribution in [-0.4, -0.2) is 52.6 Å². The number of carbonyl (C=O) groups is 3. The molecule has 0 bridgehead atoms. The Hall–Kier alpha value is -3.10. The van der Waals surface area contributed by atoms with E-state index in [1.54, 1.807) is 5.32 Å². The highest BCUT2D eigenvalue weighted by molar-refractivity contribution is 5.95. The number of halogens is 3. The first-order valence-corrected chi connectivity index (χ1v) is 10.4. The minimum absolute atomic E-state index is 0.0382. The molecule has 1 aromatic heterocycles. The van der Waals surface area contributed by atoms with Crippen LogP contribution in [0.1, 0.15) is 46.4 Å². The Morgan fingerprint density at radius 3 is 2.39 bits per heavy atom. The normalized spacial score (nSPS) is 25.4. The third kappa shape index (κ3) is 4.54. The molecule has 0 aromatic carbocycles. The third-order valence-electron chi connectivity index (χ3n) is 6.58. The predicted molar refractivity (Wildman–Crippen MR) is 107 cm³/mol. The van der Waals surface area contributed by atoms with Gasteiger partial charge in [-0.1, -0.05) is 39.8 Å². The highest BCUT2D eigenvalue weighted by Gasteiger charge is 2.70. The van der Waals surface area contributed by atoms with Crippen LogP contribution in [0.5, 0.6) is 0 Å². The largest absolute Gasteiger partial charge is 0.471 e.